The fourth-order valence-corrected chi connectivity index (χ4v) is 3.83. The first-order valence-electron chi connectivity index (χ1n) is 9.12. The van der Waals surface area contributed by atoms with Crippen LogP contribution in [0.5, 0.6) is 0 Å². The van der Waals surface area contributed by atoms with Crippen molar-refractivity contribution in [2.24, 2.45) is 0 Å². The van der Waals surface area contributed by atoms with Crippen LogP contribution in [0.3, 0.4) is 0 Å². The number of aryl methyl sites for hydroxylation is 3. The van der Waals surface area contributed by atoms with E-state index in [0.29, 0.717) is 43.2 Å². The van der Waals surface area contributed by atoms with Gasteiger partial charge in [0, 0.05) is 32.7 Å². The van der Waals surface area contributed by atoms with Crippen molar-refractivity contribution in [3.63, 3.8) is 0 Å². The number of amides is 2. The first kappa shape index (κ1) is 16.8. The predicted octanol–water partition coefficient (Wildman–Crippen LogP) is 1.42. The molecule has 0 aliphatic carbocycles. The largest absolute Gasteiger partial charge is 0.361 e. The molecule has 0 bridgehead atoms. The van der Waals surface area contributed by atoms with Crippen molar-refractivity contribution >= 4 is 11.8 Å². The molecule has 4 rings (SSSR count). The maximum Gasteiger partial charge on any atom is 0.259 e. The Kier molecular flexibility index (Phi) is 4.26. The molecule has 2 amide bonds. The molecule has 0 radical (unpaired) electrons. The molecule has 8 nitrogen and oxygen atoms in total. The molecule has 0 aromatic carbocycles. The van der Waals surface area contributed by atoms with Gasteiger partial charge in [0.15, 0.2) is 0 Å². The minimum atomic E-state index is -0.0729. The lowest BCUT2D eigenvalue weighted by Crippen LogP contribution is -2.50. The Hall–Kier alpha value is -2.64. The van der Waals surface area contributed by atoms with Gasteiger partial charge in [-0.3, -0.25) is 14.3 Å². The summed E-state index contributed by atoms with van der Waals surface area (Å²) in [6.45, 7) is 6.48. The summed E-state index contributed by atoms with van der Waals surface area (Å²) < 4.78 is 7.05. The molecule has 1 fully saturated rings. The Balaban J connectivity index is 1.43. The highest BCUT2D eigenvalue weighted by Gasteiger charge is 2.30. The molecule has 2 aliphatic rings. The molecule has 2 aromatic rings. The standard InChI is InChI=1S/C18H23N5O3/c1-12-16(13(2)26-20-12)18(25)22-9-7-21(8-10-22)17(24)14-11-19-23-6-4-3-5-15(14)23/h11H,3-10H2,1-2H3. The molecule has 0 unspecified atom stereocenters. The molecule has 0 saturated carbocycles. The maximum absolute atomic E-state index is 12.9. The molecule has 0 spiro atoms. The fraction of sp³-hybridized carbons (Fsp3) is 0.556. The van der Waals surface area contributed by atoms with E-state index >= 15 is 0 Å². The van der Waals surface area contributed by atoms with Gasteiger partial charge in [0.2, 0.25) is 0 Å². The summed E-state index contributed by atoms with van der Waals surface area (Å²) in [5.41, 5.74) is 2.92. The number of hydrogen-bond acceptors (Lipinski definition) is 5. The molecule has 4 heterocycles. The molecule has 2 aliphatic heterocycles. The highest BCUT2D eigenvalue weighted by molar-refractivity contribution is 5.97. The average Bonchev–Trinajstić information content (AvgIpc) is 3.24. The monoisotopic (exact) mass is 357 g/mol. The van der Waals surface area contributed by atoms with Crippen molar-refractivity contribution in [1.29, 1.82) is 0 Å². The lowest BCUT2D eigenvalue weighted by molar-refractivity contribution is 0.0533. The Morgan fingerprint density at radius 3 is 2.35 bits per heavy atom. The molecule has 0 N–H and O–H groups in total. The van der Waals surface area contributed by atoms with Gasteiger partial charge in [0.25, 0.3) is 11.8 Å². The second-order valence-corrected chi connectivity index (χ2v) is 6.97. The van der Waals surface area contributed by atoms with Gasteiger partial charge in [-0.2, -0.15) is 5.10 Å². The quantitative estimate of drug-likeness (QED) is 0.812. The highest BCUT2D eigenvalue weighted by Crippen LogP contribution is 2.21. The van der Waals surface area contributed by atoms with Crippen molar-refractivity contribution < 1.29 is 14.1 Å². The van der Waals surface area contributed by atoms with Crippen molar-refractivity contribution in [1.82, 2.24) is 24.7 Å². The molecular formula is C18H23N5O3. The van der Waals surface area contributed by atoms with Crippen LogP contribution in [0.15, 0.2) is 10.7 Å². The van der Waals surface area contributed by atoms with E-state index in [9.17, 15) is 9.59 Å². The van der Waals surface area contributed by atoms with E-state index in [1.807, 2.05) is 9.58 Å². The summed E-state index contributed by atoms with van der Waals surface area (Å²) in [4.78, 5) is 29.2. The summed E-state index contributed by atoms with van der Waals surface area (Å²) in [6.07, 6.45) is 4.83. The predicted molar refractivity (Wildman–Crippen MR) is 92.9 cm³/mol. The molecule has 138 valence electrons. The summed E-state index contributed by atoms with van der Waals surface area (Å²) in [6, 6.07) is 0. The number of carbonyl (C=O) groups is 2. The van der Waals surface area contributed by atoms with Gasteiger partial charge in [-0.1, -0.05) is 5.16 Å². The smallest absolute Gasteiger partial charge is 0.259 e. The zero-order valence-corrected chi connectivity index (χ0v) is 15.2. The summed E-state index contributed by atoms with van der Waals surface area (Å²) >= 11 is 0. The van der Waals surface area contributed by atoms with Crippen molar-refractivity contribution in [3.8, 4) is 0 Å². The summed E-state index contributed by atoms with van der Waals surface area (Å²) in [7, 11) is 0. The minimum absolute atomic E-state index is 0.0255. The number of rotatable bonds is 2. The number of piperazine rings is 1. The first-order valence-corrected chi connectivity index (χ1v) is 9.12. The van der Waals surface area contributed by atoms with E-state index in [2.05, 4.69) is 10.3 Å². The second kappa shape index (κ2) is 6.59. The van der Waals surface area contributed by atoms with Crippen LogP contribution in [-0.2, 0) is 13.0 Å². The molecule has 26 heavy (non-hydrogen) atoms. The van der Waals surface area contributed by atoms with E-state index in [1.165, 1.54) is 0 Å². The Labute approximate surface area is 151 Å². The van der Waals surface area contributed by atoms with Crippen molar-refractivity contribution in [2.75, 3.05) is 26.2 Å². The van der Waals surface area contributed by atoms with Crippen LogP contribution in [-0.4, -0.2) is 62.7 Å². The van der Waals surface area contributed by atoms with E-state index in [1.54, 1.807) is 24.9 Å². The lowest BCUT2D eigenvalue weighted by Gasteiger charge is -2.34. The zero-order valence-electron chi connectivity index (χ0n) is 15.2. The van der Waals surface area contributed by atoms with Crippen molar-refractivity contribution in [3.05, 3.63) is 34.5 Å². The van der Waals surface area contributed by atoms with Crippen LogP contribution in [0.25, 0.3) is 0 Å². The van der Waals surface area contributed by atoms with E-state index in [4.69, 9.17) is 4.52 Å². The first-order chi connectivity index (χ1) is 12.6. The zero-order chi connectivity index (χ0) is 18.3. The number of aromatic nitrogens is 3. The molecule has 2 aromatic heterocycles. The third-order valence-corrected chi connectivity index (χ3v) is 5.31. The van der Waals surface area contributed by atoms with Gasteiger partial charge in [-0.25, -0.2) is 0 Å². The normalized spacial score (nSPS) is 17.3. The Morgan fingerprint density at radius 2 is 1.69 bits per heavy atom. The third-order valence-electron chi connectivity index (χ3n) is 5.31. The van der Waals surface area contributed by atoms with E-state index in [0.717, 1.165) is 37.1 Å². The Morgan fingerprint density at radius 1 is 1.00 bits per heavy atom. The maximum atomic E-state index is 12.9. The van der Waals surface area contributed by atoms with Crippen LogP contribution in [0.2, 0.25) is 0 Å². The van der Waals surface area contributed by atoms with Crippen LogP contribution in [0.1, 0.15) is 50.7 Å². The van der Waals surface area contributed by atoms with Crippen LogP contribution in [0.4, 0.5) is 0 Å². The summed E-state index contributed by atoms with van der Waals surface area (Å²) in [5.74, 6) is 0.492. The minimum Gasteiger partial charge on any atom is -0.361 e. The molecule has 8 heteroatoms. The van der Waals surface area contributed by atoms with E-state index in [-0.39, 0.29) is 11.8 Å². The van der Waals surface area contributed by atoms with Gasteiger partial charge >= 0.3 is 0 Å². The molecule has 1 saturated heterocycles. The van der Waals surface area contributed by atoms with Gasteiger partial charge in [-0.05, 0) is 33.1 Å². The number of fused-ring (bicyclic) bond motifs is 1. The average molecular weight is 357 g/mol. The van der Waals surface area contributed by atoms with E-state index < -0.39 is 0 Å². The number of nitrogens with zero attached hydrogens (tertiary/aromatic N) is 5. The molecule has 0 atom stereocenters. The second-order valence-electron chi connectivity index (χ2n) is 6.97. The summed E-state index contributed by atoms with van der Waals surface area (Å²) in [5, 5.41) is 8.21. The van der Waals surface area contributed by atoms with Crippen LogP contribution >= 0.6 is 0 Å². The van der Waals surface area contributed by atoms with Gasteiger partial charge < -0.3 is 14.3 Å². The van der Waals surface area contributed by atoms with Gasteiger partial charge in [-0.15, -0.1) is 0 Å². The van der Waals surface area contributed by atoms with Crippen LogP contribution in [0, 0.1) is 13.8 Å². The SMILES string of the molecule is Cc1noc(C)c1C(=O)N1CCN(C(=O)c2cnn3c2CCCC3)CC1. The van der Waals surface area contributed by atoms with Gasteiger partial charge in [0.1, 0.15) is 11.3 Å². The highest BCUT2D eigenvalue weighted by atomic mass is 16.5. The fourth-order valence-electron chi connectivity index (χ4n) is 3.83. The third kappa shape index (κ3) is 2.79. The molecular weight excluding hydrogens is 334 g/mol. The lowest BCUT2D eigenvalue weighted by atomic mass is 10.1. The Bertz CT molecular complexity index is 826. The van der Waals surface area contributed by atoms with Gasteiger partial charge in [0.05, 0.1) is 23.1 Å². The number of carbonyl (C=O) groups excluding carboxylic acids is 2. The van der Waals surface area contributed by atoms with Crippen molar-refractivity contribution in [2.45, 2.75) is 39.7 Å². The number of hydrogen-bond donors (Lipinski definition) is 0. The topological polar surface area (TPSA) is 84.5 Å². The van der Waals surface area contributed by atoms with Crippen LogP contribution < -0.4 is 0 Å².